The summed E-state index contributed by atoms with van der Waals surface area (Å²) in [5.41, 5.74) is 1.45. The summed E-state index contributed by atoms with van der Waals surface area (Å²) < 4.78 is 43.5. The number of ether oxygens (including phenoxy) is 1. The maximum Gasteiger partial charge on any atom is 0.208 e. The molecule has 0 radical (unpaired) electrons. The van der Waals surface area contributed by atoms with Gasteiger partial charge >= 0.3 is 0 Å². The lowest BCUT2D eigenvalue weighted by atomic mass is 10.1. The Bertz CT molecular complexity index is 687. The molecular weight excluding hydrogens is 305 g/mol. The molecule has 22 heavy (non-hydrogen) atoms. The highest BCUT2D eigenvalue weighted by atomic mass is 32.2. The maximum absolute atomic E-state index is 13.9. The van der Waals surface area contributed by atoms with Crippen LogP contribution in [0.5, 0.6) is 5.75 Å². The Kier molecular flexibility index (Phi) is 5.51. The lowest BCUT2D eigenvalue weighted by molar-refractivity contribution is 0.305. The van der Waals surface area contributed by atoms with Crippen molar-refractivity contribution < 1.29 is 17.5 Å². The average Bonchev–Trinajstić information content (AvgIpc) is 2.51. The largest absolute Gasteiger partial charge is 0.489 e. The van der Waals surface area contributed by atoms with Gasteiger partial charge in [0.25, 0.3) is 0 Å². The number of hydrogen-bond acceptors (Lipinski definition) is 3. The molecule has 0 bridgehead atoms. The lowest BCUT2D eigenvalue weighted by Gasteiger charge is -2.11. The van der Waals surface area contributed by atoms with E-state index in [1.54, 1.807) is 24.3 Å². The van der Waals surface area contributed by atoms with Gasteiger partial charge in [-0.05, 0) is 23.3 Å². The Hall–Kier alpha value is -1.92. The zero-order valence-electron chi connectivity index (χ0n) is 12.2. The van der Waals surface area contributed by atoms with Gasteiger partial charge in [0, 0.05) is 6.54 Å². The minimum Gasteiger partial charge on any atom is -0.489 e. The fraction of sp³-hybridized carbons (Fsp3) is 0.250. The van der Waals surface area contributed by atoms with Crippen molar-refractivity contribution in [3.8, 4) is 5.75 Å². The van der Waals surface area contributed by atoms with Crippen molar-refractivity contribution >= 4 is 10.0 Å². The van der Waals surface area contributed by atoms with Crippen molar-refractivity contribution in [1.29, 1.82) is 0 Å². The van der Waals surface area contributed by atoms with Crippen LogP contribution in [0.2, 0.25) is 0 Å². The third-order valence-corrected chi connectivity index (χ3v) is 3.71. The van der Waals surface area contributed by atoms with Gasteiger partial charge in [-0.15, -0.1) is 0 Å². The van der Waals surface area contributed by atoms with E-state index < -0.39 is 16.2 Å². The highest BCUT2D eigenvalue weighted by molar-refractivity contribution is 7.88. The van der Waals surface area contributed by atoms with Crippen LogP contribution in [0.25, 0.3) is 0 Å². The number of rotatable bonds is 7. The van der Waals surface area contributed by atoms with Gasteiger partial charge in [0.1, 0.15) is 18.5 Å². The number of halogens is 1. The smallest absolute Gasteiger partial charge is 0.208 e. The molecule has 118 valence electrons. The van der Waals surface area contributed by atoms with Gasteiger partial charge in [-0.3, -0.25) is 0 Å². The first-order valence-corrected chi connectivity index (χ1v) is 8.68. The van der Waals surface area contributed by atoms with E-state index in [4.69, 9.17) is 4.74 Å². The summed E-state index contributed by atoms with van der Waals surface area (Å²) in [4.78, 5) is 0. The molecule has 1 atom stereocenters. The molecule has 4 nitrogen and oxygen atoms in total. The quantitative estimate of drug-likeness (QED) is 0.852. The number of alkyl halides is 1. The average molecular weight is 323 g/mol. The minimum absolute atomic E-state index is 0.275. The van der Waals surface area contributed by atoms with Crippen molar-refractivity contribution in [2.45, 2.75) is 12.8 Å². The zero-order chi connectivity index (χ0) is 16.0. The fourth-order valence-corrected chi connectivity index (χ4v) is 2.31. The van der Waals surface area contributed by atoms with Crippen molar-refractivity contribution in [2.75, 3.05) is 12.8 Å². The van der Waals surface area contributed by atoms with E-state index in [1.807, 2.05) is 30.3 Å². The molecule has 2 rings (SSSR count). The van der Waals surface area contributed by atoms with Gasteiger partial charge in [-0.2, -0.15) is 0 Å². The standard InChI is InChI=1S/C16H18FNO3S/c1-22(19,20)18-11-16(17)14-7-9-15(10-8-14)21-12-13-5-3-2-4-6-13/h2-10,16,18H,11-12H2,1H3. The molecule has 0 saturated carbocycles. The summed E-state index contributed by atoms with van der Waals surface area (Å²) in [6.07, 6.45) is -0.391. The first-order chi connectivity index (χ1) is 10.4. The van der Waals surface area contributed by atoms with E-state index in [9.17, 15) is 12.8 Å². The highest BCUT2D eigenvalue weighted by Crippen LogP contribution is 2.21. The first kappa shape index (κ1) is 16.5. The second-order valence-electron chi connectivity index (χ2n) is 4.93. The second kappa shape index (κ2) is 7.38. The van der Waals surface area contributed by atoms with Crippen molar-refractivity contribution in [2.24, 2.45) is 0 Å². The number of hydrogen-bond donors (Lipinski definition) is 1. The van der Waals surface area contributed by atoms with Gasteiger partial charge in [-0.25, -0.2) is 17.5 Å². The van der Waals surface area contributed by atoms with E-state index in [1.165, 1.54) is 0 Å². The fourth-order valence-electron chi connectivity index (χ4n) is 1.86. The Labute approximate surface area is 130 Å². The molecule has 0 fully saturated rings. The summed E-state index contributed by atoms with van der Waals surface area (Å²) in [5.74, 6) is 0.635. The van der Waals surface area contributed by atoms with E-state index in [0.717, 1.165) is 11.8 Å². The summed E-state index contributed by atoms with van der Waals surface area (Å²) in [6, 6.07) is 16.3. The SMILES string of the molecule is CS(=O)(=O)NCC(F)c1ccc(OCc2ccccc2)cc1. The summed E-state index contributed by atoms with van der Waals surface area (Å²) in [7, 11) is -3.39. The van der Waals surface area contributed by atoms with Crippen LogP contribution in [0.15, 0.2) is 54.6 Å². The van der Waals surface area contributed by atoms with Gasteiger partial charge in [0.15, 0.2) is 0 Å². The second-order valence-corrected chi connectivity index (χ2v) is 6.76. The molecule has 0 heterocycles. The Morgan fingerprint density at radius 2 is 1.73 bits per heavy atom. The molecule has 1 N–H and O–H groups in total. The molecule has 1 unspecified atom stereocenters. The molecule has 0 aliphatic carbocycles. The van der Waals surface area contributed by atoms with E-state index in [2.05, 4.69) is 4.72 Å². The maximum atomic E-state index is 13.9. The summed E-state index contributed by atoms with van der Waals surface area (Å²) in [5, 5.41) is 0. The zero-order valence-corrected chi connectivity index (χ0v) is 13.0. The van der Waals surface area contributed by atoms with Crippen LogP contribution in [0.1, 0.15) is 17.3 Å². The van der Waals surface area contributed by atoms with Crippen LogP contribution in [-0.4, -0.2) is 21.2 Å². The van der Waals surface area contributed by atoms with Gasteiger partial charge in [0.2, 0.25) is 10.0 Å². The summed E-state index contributed by atoms with van der Waals surface area (Å²) in [6.45, 7) is 0.165. The third kappa shape index (κ3) is 5.46. The first-order valence-electron chi connectivity index (χ1n) is 6.79. The summed E-state index contributed by atoms with van der Waals surface area (Å²) >= 11 is 0. The van der Waals surface area contributed by atoms with Gasteiger partial charge in [-0.1, -0.05) is 42.5 Å². The monoisotopic (exact) mass is 323 g/mol. The number of sulfonamides is 1. The molecule has 2 aromatic rings. The van der Waals surface area contributed by atoms with E-state index in [-0.39, 0.29) is 6.54 Å². The normalized spacial score (nSPS) is 12.8. The van der Waals surface area contributed by atoms with E-state index in [0.29, 0.717) is 17.9 Å². The number of nitrogens with one attached hydrogen (secondary N) is 1. The van der Waals surface area contributed by atoms with Gasteiger partial charge in [0.05, 0.1) is 6.26 Å². The predicted molar refractivity (Wildman–Crippen MR) is 83.9 cm³/mol. The topological polar surface area (TPSA) is 55.4 Å². The Morgan fingerprint density at radius 3 is 2.32 bits per heavy atom. The molecule has 0 spiro atoms. The van der Waals surface area contributed by atoms with Crippen LogP contribution in [0.4, 0.5) is 4.39 Å². The van der Waals surface area contributed by atoms with Crippen molar-refractivity contribution in [3.63, 3.8) is 0 Å². The molecule has 0 amide bonds. The van der Waals surface area contributed by atoms with Gasteiger partial charge < -0.3 is 4.74 Å². The molecule has 0 aromatic heterocycles. The Morgan fingerprint density at radius 1 is 1.09 bits per heavy atom. The molecule has 0 aliphatic heterocycles. The molecule has 0 saturated heterocycles. The molecule has 0 aliphatic rings. The minimum atomic E-state index is -3.39. The van der Waals surface area contributed by atoms with Crippen LogP contribution < -0.4 is 9.46 Å². The Balaban J connectivity index is 1.89. The molecular formula is C16H18FNO3S. The van der Waals surface area contributed by atoms with Crippen LogP contribution >= 0.6 is 0 Å². The van der Waals surface area contributed by atoms with Crippen molar-refractivity contribution in [3.05, 3.63) is 65.7 Å². The van der Waals surface area contributed by atoms with Crippen LogP contribution in [0, 0.1) is 0 Å². The molecule has 6 heteroatoms. The van der Waals surface area contributed by atoms with Crippen LogP contribution in [-0.2, 0) is 16.6 Å². The number of benzene rings is 2. The highest BCUT2D eigenvalue weighted by Gasteiger charge is 2.12. The predicted octanol–water partition coefficient (Wildman–Crippen LogP) is 2.83. The lowest BCUT2D eigenvalue weighted by Crippen LogP contribution is -2.25. The van der Waals surface area contributed by atoms with Crippen LogP contribution in [0.3, 0.4) is 0 Å². The van der Waals surface area contributed by atoms with E-state index >= 15 is 0 Å². The van der Waals surface area contributed by atoms with Crippen molar-refractivity contribution in [1.82, 2.24) is 4.72 Å². The molecule has 2 aromatic carbocycles. The third-order valence-electron chi connectivity index (χ3n) is 3.01.